The lowest BCUT2D eigenvalue weighted by Gasteiger charge is -1.96. The smallest absolute Gasteiger partial charge is 0.168 e. The molecule has 3 nitrogen and oxygen atoms in total. The van der Waals surface area contributed by atoms with E-state index in [1.165, 1.54) is 0 Å². The van der Waals surface area contributed by atoms with Crippen LogP contribution < -0.4 is 5.73 Å². The number of hydrogen-bond acceptors (Lipinski definition) is 3. The maximum absolute atomic E-state index is 5.99. The molecule has 4 heteroatoms. The summed E-state index contributed by atoms with van der Waals surface area (Å²) in [6.07, 6.45) is 0. The van der Waals surface area contributed by atoms with Gasteiger partial charge in [-0.15, -0.1) is 0 Å². The second kappa shape index (κ2) is 3.82. The lowest BCUT2D eigenvalue weighted by Crippen LogP contribution is -1.94. The molecule has 0 amide bonds. The summed E-state index contributed by atoms with van der Waals surface area (Å²) in [6.45, 7) is 0.369. The standard InChI is InChI=1S/C10H9ClN2O/c11-9-4-2-1-3-8(9)10-5-7(6-12)13-14-10/h1-5H,6,12H2. The van der Waals surface area contributed by atoms with Crippen molar-refractivity contribution in [3.8, 4) is 11.3 Å². The highest BCUT2D eigenvalue weighted by Gasteiger charge is 2.08. The summed E-state index contributed by atoms with van der Waals surface area (Å²) in [5.74, 6) is 0.649. The van der Waals surface area contributed by atoms with Crippen LogP contribution in [-0.2, 0) is 6.54 Å². The van der Waals surface area contributed by atoms with E-state index in [1.807, 2.05) is 24.3 Å². The van der Waals surface area contributed by atoms with E-state index in [-0.39, 0.29) is 0 Å². The Morgan fingerprint density at radius 1 is 1.36 bits per heavy atom. The lowest BCUT2D eigenvalue weighted by atomic mass is 10.1. The first-order valence-corrected chi connectivity index (χ1v) is 4.59. The average Bonchev–Trinajstić information content (AvgIpc) is 2.67. The lowest BCUT2D eigenvalue weighted by molar-refractivity contribution is 0.424. The molecular weight excluding hydrogens is 200 g/mol. The predicted octanol–water partition coefficient (Wildman–Crippen LogP) is 2.45. The van der Waals surface area contributed by atoms with Crippen molar-refractivity contribution in [3.05, 3.63) is 41.0 Å². The molecule has 2 aromatic rings. The van der Waals surface area contributed by atoms with Crippen LogP contribution in [0.4, 0.5) is 0 Å². The molecule has 0 bridgehead atoms. The molecule has 1 aromatic carbocycles. The molecule has 0 saturated heterocycles. The molecule has 2 N–H and O–H groups in total. The Balaban J connectivity index is 2.44. The summed E-state index contributed by atoms with van der Waals surface area (Å²) in [5.41, 5.74) is 6.98. The quantitative estimate of drug-likeness (QED) is 0.825. The van der Waals surface area contributed by atoms with Crippen LogP contribution in [0.25, 0.3) is 11.3 Å². The zero-order valence-electron chi connectivity index (χ0n) is 7.40. The van der Waals surface area contributed by atoms with Gasteiger partial charge in [0.2, 0.25) is 0 Å². The highest BCUT2D eigenvalue weighted by Crippen LogP contribution is 2.27. The topological polar surface area (TPSA) is 52.0 Å². The largest absolute Gasteiger partial charge is 0.356 e. The van der Waals surface area contributed by atoms with Crippen LogP contribution in [0, 0.1) is 0 Å². The second-order valence-electron chi connectivity index (χ2n) is 2.87. The summed E-state index contributed by atoms with van der Waals surface area (Å²) in [5, 5.41) is 4.44. The van der Waals surface area contributed by atoms with Gasteiger partial charge in [0.1, 0.15) is 0 Å². The molecule has 14 heavy (non-hydrogen) atoms. The Hall–Kier alpha value is -1.32. The maximum atomic E-state index is 5.99. The van der Waals surface area contributed by atoms with E-state index < -0.39 is 0 Å². The number of aromatic nitrogens is 1. The van der Waals surface area contributed by atoms with Gasteiger partial charge in [0.05, 0.1) is 10.7 Å². The molecule has 72 valence electrons. The summed E-state index contributed by atoms with van der Waals surface area (Å²) < 4.78 is 5.11. The van der Waals surface area contributed by atoms with Crippen molar-refractivity contribution >= 4 is 11.6 Å². The van der Waals surface area contributed by atoms with Crippen LogP contribution in [0.3, 0.4) is 0 Å². The Morgan fingerprint density at radius 3 is 2.79 bits per heavy atom. The van der Waals surface area contributed by atoms with Crippen molar-refractivity contribution in [3.63, 3.8) is 0 Å². The van der Waals surface area contributed by atoms with Crippen molar-refractivity contribution in [1.82, 2.24) is 5.16 Å². The molecule has 0 unspecified atom stereocenters. The Kier molecular flexibility index (Phi) is 2.52. The molecule has 0 spiro atoms. The SMILES string of the molecule is NCc1cc(-c2ccccc2Cl)on1. The fourth-order valence-corrected chi connectivity index (χ4v) is 1.42. The van der Waals surface area contributed by atoms with E-state index in [9.17, 15) is 0 Å². The number of halogens is 1. The first kappa shape index (κ1) is 9.24. The zero-order chi connectivity index (χ0) is 9.97. The maximum Gasteiger partial charge on any atom is 0.168 e. The van der Waals surface area contributed by atoms with E-state index in [1.54, 1.807) is 6.07 Å². The number of nitrogens with two attached hydrogens (primary N) is 1. The van der Waals surface area contributed by atoms with Crippen molar-refractivity contribution in [1.29, 1.82) is 0 Å². The third kappa shape index (κ3) is 1.64. The van der Waals surface area contributed by atoms with Gasteiger partial charge in [-0.25, -0.2) is 0 Å². The van der Waals surface area contributed by atoms with Gasteiger partial charge in [-0.3, -0.25) is 0 Å². The Morgan fingerprint density at radius 2 is 2.14 bits per heavy atom. The van der Waals surface area contributed by atoms with E-state index in [0.29, 0.717) is 17.3 Å². The minimum atomic E-state index is 0.369. The van der Waals surface area contributed by atoms with Gasteiger partial charge < -0.3 is 10.3 Å². The van der Waals surface area contributed by atoms with Crippen LogP contribution in [0.2, 0.25) is 5.02 Å². The molecule has 0 saturated carbocycles. The van der Waals surface area contributed by atoms with E-state index in [4.69, 9.17) is 21.9 Å². The van der Waals surface area contributed by atoms with Crippen molar-refractivity contribution < 1.29 is 4.52 Å². The van der Waals surface area contributed by atoms with Crippen LogP contribution in [0.1, 0.15) is 5.69 Å². The highest BCUT2D eigenvalue weighted by molar-refractivity contribution is 6.33. The van der Waals surface area contributed by atoms with Gasteiger partial charge in [0, 0.05) is 18.2 Å². The van der Waals surface area contributed by atoms with Crippen LogP contribution in [0.15, 0.2) is 34.9 Å². The van der Waals surface area contributed by atoms with Gasteiger partial charge in [-0.2, -0.15) is 0 Å². The van der Waals surface area contributed by atoms with Crippen molar-refractivity contribution in [2.75, 3.05) is 0 Å². The third-order valence-electron chi connectivity index (χ3n) is 1.91. The first-order chi connectivity index (χ1) is 6.81. The third-order valence-corrected chi connectivity index (χ3v) is 2.24. The van der Waals surface area contributed by atoms with Crippen LogP contribution >= 0.6 is 11.6 Å². The fourth-order valence-electron chi connectivity index (χ4n) is 1.20. The molecule has 0 aliphatic rings. The molecule has 0 aliphatic carbocycles. The summed E-state index contributed by atoms with van der Waals surface area (Å²) in [7, 11) is 0. The molecule has 2 rings (SSSR count). The fraction of sp³-hybridized carbons (Fsp3) is 0.100. The number of benzene rings is 1. The molecule has 0 aliphatic heterocycles. The van der Waals surface area contributed by atoms with Crippen LogP contribution in [0.5, 0.6) is 0 Å². The van der Waals surface area contributed by atoms with E-state index >= 15 is 0 Å². The minimum absolute atomic E-state index is 0.369. The monoisotopic (exact) mass is 208 g/mol. The van der Waals surface area contributed by atoms with E-state index in [2.05, 4.69) is 5.16 Å². The number of hydrogen-bond donors (Lipinski definition) is 1. The van der Waals surface area contributed by atoms with Gasteiger partial charge in [0.25, 0.3) is 0 Å². The zero-order valence-corrected chi connectivity index (χ0v) is 8.16. The second-order valence-corrected chi connectivity index (χ2v) is 3.27. The number of rotatable bonds is 2. The summed E-state index contributed by atoms with van der Waals surface area (Å²) in [4.78, 5) is 0. The van der Waals surface area contributed by atoms with Crippen molar-refractivity contribution in [2.24, 2.45) is 5.73 Å². The summed E-state index contributed by atoms with van der Waals surface area (Å²) >= 11 is 5.99. The van der Waals surface area contributed by atoms with E-state index in [0.717, 1.165) is 11.3 Å². The van der Waals surface area contributed by atoms with Crippen LogP contribution in [-0.4, -0.2) is 5.16 Å². The van der Waals surface area contributed by atoms with Gasteiger partial charge >= 0.3 is 0 Å². The molecule has 1 heterocycles. The Bertz CT molecular complexity index is 439. The normalized spacial score (nSPS) is 10.4. The van der Waals surface area contributed by atoms with Gasteiger partial charge in [-0.1, -0.05) is 28.9 Å². The molecule has 0 fully saturated rings. The minimum Gasteiger partial charge on any atom is -0.356 e. The molecule has 0 atom stereocenters. The Labute approximate surface area is 86.5 Å². The summed E-state index contributed by atoms with van der Waals surface area (Å²) in [6, 6.07) is 9.24. The predicted molar refractivity (Wildman–Crippen MR) is 54.8 cm³/mol. The highest BCUT2D eigenvalue weighted by atomic mass is 35.5. The molecule has 0 radical (unpaired) electrons. The van der Waals surface area contributed by atoms with Gasteiger partial charge in [0.15, 0.2) is 5.76 Å². The van der Waals surface area contributed by atoms with Gasteiger partial charge in [-0.05, 0) is 12.1 Å². The molecule has 1 aromatic heterocycles. The molecular formula is C10H9ClN2O. The van der Waals surface area contributed by atoms with Crippen molar-refractivity contribution in [2.45, 2.75) is 6.54 Å². The average molecular weight is 209 g/mol. The number of nitrogens with zero attached hydrogens (tertiary/aromatic N) is 1. The first-order valence-electron chi connectivity index (χ1n) is 4.22.